The maximum absolute atomic E-state index is 10.7. The van der Waals surface area contributed by atoms with E-state index in [0.29, 0.717) is 71.4 Å². The van der Waals surface area contributed by atoms with Crippen LogP contribution in [0, 0.1) is 0 Å². The normalized spacial score (nSPS) is 21.0. The van der Waals surface area contributed by atoms with E-state index in [1.165, 1.54) is 61.5 Å². The number of piperazine rings is 2. The zero-order valence-corrected chi connectivity index (χ0v) is 60.6. The number of carbonyl (C=O) groups excluding carboxylic acids is 9. The predicted molar refractivity (Wildman–Crippen MR) is 371 cm³/mol. The first-order valence-electron chi connectivity index (χ1n) is 33.5. The molecular weight excluding hydrogens is 1220 g/mol. The van der Waals surface area contributed by atoms with Gasteiger partial charge in [-0.05, 0) is 140 Å². The number of morpholine rings is 1. The molecule has 0 spiro atoms. The first-order valence-corrected chi connectivity index (χ1v) is 36.7. The fourth-order valence-electron chi connectivity index (χ4n) is 10.3. The topological polar surface area (TPSA) is 226 Å². The molecule has 9 fully saturated rings. The van der Waals surface area contributed by atoms with Gasteiger partial charge in [-0.2, -0.15) is 16.8 Å². The van der Waals surface area contributed by atoms with E-state index in [0.717, 1.165) is 169 Å². The number of piperidine rings is 1. The lowest BCUT2D eigenvalue weighted by atomic mass is 10.1. The highest BCUT2D eigenvalue weighted by Crippen LogP contribution is 2.18. The van der Waals surface area contributed by atoms with Crippen LogP contribution in [-0.4, -0.2) is 346 Å². The van der Waals surface area contributed by atoms with Crippen molar-refractivity contribution in [2.24, 2.45) is 0 Å². The molecule has 0 aromatic rings. The second-order valence-electron chi connectivity index (χ2n) is 24.7. The van der Waals surface area contributed by atoms with E-state index in [9.17, 15) is 43.2 Å². The number of rotatable bonds is 18. The highest BCUT2D eigenvalue weighted by molar-refractivity contribution is 7.99. The summed E-state index contributed by atoms with van der Waals surface area (Å²) in [7, 11) is 2.12. The number of ketones is 9. The summed E-state index contributed by atoms with van der Waals surface area (Å²) in [6.45, 7) is 42.6. The molecule has 0 aromatic heterocycles. The Kier molecular flexibility index (Phi) is 53.9. The minimum absolute atomic E-state index is 0.168. The van der Waals surface area contributed by atoms with E-state index < -0.39 is 0 Å². The maximum Gasteiger partial charge on any atom is 0.146 e. The third-order valence-electron chi connectivity index (χ3n) is 14.6. The highest BCUT2D eigenvalue weighted by Gasteiger charge is 2.18. The monoisotopic (exact) mass is 1350 g/mol. The molecule has 1 N–H and O–H groups in total. The number of hydrogen-bond acceptors (Lipinski definition) is 26. The average molecular weight is 1350 g/mol. The third-order valence-corrected chi connectivity index (χ3v) is 17.8. The highest BCUT2D eigenvalue weighted by atomic mass is 32.2. The lowest BCUT2D eigenvalue weighted by molar-refractivity contribution is -0.182. The number of thioether (sulfide) groups is 2. The summed E-state index contributed by atoms with van der Waals surface area (Å²) < 4.78 is 12.4. The molecule has 0 atom stereocenters. The number of nitrogens with zero attached hydrogens (tertiary/aromatic N) is 10. The van der Waals surface area contributed by atoms with Crippen molar-refractivity contribution < 1.29 is 57.5 Å². The molecule has 0 radical (unpaired) electrons. The van der Waals surface area contributed by atoms with E-state index in [1.54, 1.807) is 79.3 Å². The summed E-state index contributed by atoms with van der Waals surface area (Å²) in [5, 5.41) is 4.98. The molecule has 9 saturated heterocycles. The number of carbonyl (C=O) groups is 9. The second-order valence-corrected chi connectivity index (χ2v) is 28.2. The molecule has 9 aliphatic rings. The van der Waals surface area contributed by atoms with Crippen LogP contribution in [0.5, 0.6) is 0 Å². The molecule has 0 aromatic carbocycles. The van der Waals surface area contributed by atoms with Crippen molar-refractivity contribution >= 4 is 87.5 Å². The van der Waals surface area contributed by atoms with Gasteiger partial charge >= 0.3 is 0 Å². The fourth-order valence-corrected chi connectivity index (χ4v) is 13.3. The van der Waals surface area contributed by atoms with Crippen LogP contribution in [0.15, 0.2) is 0 Å². The van der Waals surface area contributed by atoms with E-state index >= 15 is 0 Å². The SMILES string of the molecule is CC(=O)CN1CCCCC1.CC(=O)CN1CCCCO1.CC(=O)CN1CCCCS1.CC(=O)CN1CCCOC1.CC(=O)CN1CCCSC1.CC(=O)CN1CCN(C)CC1.CC(=O)CN1CCNCC1.CC(=O)CN1CCOCC1.CC(=O)CN1CCSCC1. The molecule has 528 valence electrons. The van der Waals surface area contributed by atoms with Gasteiger partial charge in [-0.3, -0.25) is 82.3 Å². The van der Waals surface area contributed by atoms with E-state index in [-0.39, 0.29) is 46.3 Å². The number of nitrogens with one attached hydrogen (secondary N) is 1. The number of hydrogen-bond donors (Lipinski definition) is 1. The Hall–Kier alpha value is -2.48. The van der Waals surface area contributed by atoms with E-state index in [1.807, 2.05) is 28.4 Å². The van der Waals surface area contributed by atoms with Crippen LogP contribution >= 0.6 is 35.5 Å². The van der Waals surface area contributed by atoms with Gasteiger partial charge in [0.1, 0.15) is 52.0 Å². The maximum atomic E-state index is 10.7. The molecule has 0 unspecified atom stereocenters. The van der Waals surface area contributed by atoms with Crippen LogP contribution in [0.2, 0.25) is 0 Å². The second kappa shape index (κ2) is 56.7. The van der Waals surface area contributed by atoms with Crippen LogP contribution in [0.25, 0.3) is 0 Å². The predicted octanol–water partition coefficient (Wildman–Crippen LogP) is 4.05. The standard InChI is InChI=1S/C8H16N2O.C8H15NO.C7H14N2O.3C7H13NO2.3C7H13NOS/c1-8(11)7-10-5-3-9(2)4-6-10;1-8(10)7-9-5-3-2-4-6-9;1-7(10)6-9-4-2-8-3-5-9;1-7(9)6-8-2-4-10-5-3-8;1-7(9)5-8-3-2-4-10-6-8;1-7(9)6-8-4-2-3-5-10-8;1-7(9)6-8-2-4-10-5-3-8;1-7(9)5-8-3-2-4-10-6-8;1-7(9)6-8-4-2-3-5-10-8/h3-7H2,1-2H3;2-7H2,1H3;8H,2-6H2,1H3;6*2-6H2,1H3. The Bertz CT molecular complexity index is 1610. The Balaban J connectivity index is 0.000000512. The lowest BCUT2D eigenvalue weighted by Gasteiger charge is -2.31. The smallest absolute Gasteiger partial charge is 0.146 e. The van der Waals surface area contributed by atoms with Crippen LogP contribution in [0.1, 0.15) is 120 Å². The zero-order chi connectivity index (χ0) is 67.4. The molecule has 23 nitrogen and oxygen atoms in total. The van der Waals surface area contributed by atoms with Gasteiger partial charge < -0.3 is 19.7 Å². The van der Waals surface area contributed by atoms with Gasteiger partial charge in [-0.15, -0.1) is 11.8 Å². The van der Waals surface area contributed by atoms with Gasteiger partial charge in [-0.1, -0.05) is 18.4 Å². The van der Waals surface area contributed by atoms with Crippen LogP contribution in [-0.2, 0) is 57.5 Å². The molecule has 0 amide bonds. The quantitative estimate of drug-likeness (QED) is 0.191. The van der Waals surface area contributed by atoms with Gasteiger partial charge in [-0.25, -0.2) is 4.31 Å². The first-order chi connectivity index (χ1) is 43.5. The van der Waals surface area contributed by atoms with Crippen molar-refractivity contribution in [3.8, 4) is 0 Å². The van der Waals surface area contributed by atoms with Crippen LogP contribution < -0.4 is 5.32 Å². The molecule has 9 aliphatic heterocycles. The molecule has 0 aliphatic carbocycles. The Morgan fingerprint density at radius 2 is 0.769 bits per heavy atom. The largest absolute Gasteiger partial charge is 0.379 e. The summed E-state index contributed by atoms with van der Waals surface area (Å²) in [6, 6.07) is 0. The molecular formula is C65H123N11O12S3. The zero-order valence-electron chi connectivity index (χ0n) is 58.1. The number of likely N-dealkylation sites (tertiary alicyclic amines) is 1. The number of likely N-dealkylation sites (N-methyl/N-ethyl adjacent to an activating group) is 1. The Morgan fingerprint density at radius 1 is 0.330 bits per heavy atom. The van der Waals surface area contributed by atoms with Crippen LogP contribution in [0.4, 0.5) is 0 Å². The molecule has 0 saturated carbocycles. The summed E-state index contributed by atoms with van der Waals surface area (Å²) >= 11 is 5.70. The van der Waals surface area contributed by atoms with E-state index in [4.69, 9.17) is 14.3 Å². The minimum Gasteiger partial charge on any atom is -0.379 e. The van der Waals surface area contributed by atoms with Gasteiger partial charge in [0.05, 0.1) is 85.5 Å². The van der Waals surface area contributed by atoms with Crippen molar-refractivity contribution in [2.45, 2.75) is 120 Å². The number of Topliss-reactive ketones (excluding diaryl/α,β-unsaturated/α-hetero) is 9. The van der Waals surface area contributed by atoms with E-state index in [2.05, 4.69) is 51.0 Å². The van der Waals surface area contributed by atoms with Gasteiger partial charge in [0.2, 0.25) is 0 Å². The number of hydroxylamine groups is 2. The van der Waals surface area contributed by atoms with Crippen molar-refractivity contribution in [3.05, 3.63) is 0 Å². The molecule has 26 heteroatoms. The molecule has 0 bridgehead atoms. The van der Waals surface area contributed by atoms with Crippen molar-refractivity contribution in [3.63, 3.8) is 0 Å². The summed E-state index contributed by atoms with van der Waals surface area (Å²) in [5.41, 5.74) is 0. The lowest BCUT2D eigenvalue weighted by Crippen LogP contribution is -2.45. The Morgan fingerprint density at radius 3 is 1.22 bits per heavy atom. The van der Waals surface area contributed by atoms with Gasteiger partial charge in [0, 0.05) is 134 Å². The third kappa shape index (κ3) is 55.4. The molecule has 9 rings (SSSR count). The number of ether oxygens (including phenoxy) is 2. The first kappa shape index (κ1) is 86.5. The Labute approximate surface area is 561 Å². The summed E-state index contributed by atoms with van der Waals surface area (Å²) in [4.78, 5) is 119. The summed E-state index contributed by atoms with van der Waals surface area (Å²) in [5.74, 6) is 8.15. The van der Waals surface area contributed by atoms with Crippen molar-refractivity contribution in [1.82, 2.24) is 53.9 Å². The minimum atomic E-state index is 0.168. The fraction of sp³-hybridized carbons (Fsp3) is 0.862. The van der Waals surface area contributed by atoms with Crippen molar-refractivity contribution in [2.75, 3.05) is 246 Å². The van der Waals surface area contributed by atoms with Gasteiger partial charge in [0.25, 0.3) is 0 Å². The van der Waals surface area contributed by atoms with Gasteiger partial charge in [0.15, 0.2) is 0 Å². The van der Waals surface area contributed by atoms with Crippen LogP contribution in [0.3, 0.4) is 0 Å². The summed E-state index contributed by atoms with van der Waals surface area (Å²) in [6.07, 6.45) is 11.0. The molecule has 91 heavy (non-hydrogen) atoms. The van der Waals surface area contributed by atoms with Crippen molar-refractivity contribution in [1.29, 1.82) is 0 Å². The molecule has 9 heterocycles. The average Bonchev–Trinajstić information content (AvgIpc) is 3.59.